The van der Waals surface area contributed by atoms with Crippen molar-refractivity contribution in [1.29, 1.82) is 0 Å². The summed E-state index contributed by atoms with van der Waals surface area (Å²) in [6.45, 7) is 1.21. The van der Waals surface area contributed by atoms with Gasteiger partial charge in [-0.2, -0.15) is 0 Å². The average Bonchev–Trinajstić information content (AvgIpc) is 2.75. The number of halogens is 2. The number of hydrogen-bond acceptors (Lipinski definition) is 2. The summed E-state index contributed by atoms with van der Waals surface area (Å²) < 4.78 is 26.3. The van der Waals surface area contributed by atoms with Crippen molar-refractivity contribution in [3.05, 3.63) is 101 Å². The first-order chi connectivity index (χ1) is 14.0. The fraction of sp³-hybridized carbons (Fsp3) is 0.130. The van der Waals surface area contributed by atoms with Gasteiger partial charge in [-0.1, -0.05) is 24.3 Å². The lowest BCUT2D eigenvalue weighted by Crippen LogP contribution is -2.35. The number of nitrogens with one attached hydrogen (secondary N) is 1. The van der Waals surface area contributed by atoms with Crippen LogP contribution in [0.15, 0.2) is 66.7 Å². The maximum absolute atomic E-state index is 13.3. The van der Waals surface area contributed by atoms with E-state index in [-0.39, 0.29) is 11.6 Å². The van der Waals surface area contributed by atoms with E-state index in [1.807, 2.05) is 18.2 Å². The van der Waals surface area contributed by atoms with Gasteiger partial charge in [-0.25, -0.2) is 8.78 Å². The van der Waals surface area contributed by atoms with Crippen LogP contribution in [-0.2, 0) is 13.0 Å². The average molecular weight is 392 g/mol. The van der Waals surface area contributed by atoms with Crippen LogP contribution in [0, 0.1) is 11.6 Å². The summed E-state index contributed by atoms with van der Waals surface area (Å²) >= 11 is 0. The van der Waals surface area contributed by atoms with E-state index < -0.39 is 17.5 Å². The number of benzene rings is 3. The minimum absolute atomic E-state index is 0.0907. The largest absolute Gasteiger partial charge is 0.334 e. The molecule has 0 saturated heterocycles. The van der Waals surface area contributed by atoms with Crippen molar-refractivity contribution in [1.82, 2.24) is 4.90 Å². The zero-order valence-corrected chi connectivity index (χ0v) is 15.5. The molecule has 2 amide bonds. The monoisotopic (exact) mass is 392 g/mol. The second kappa shape index (κ2) is 7.83. The van der Waals surface area contributed by atoms with Crippen LogP contribution < -0.4 is 5.32 Å². The molecule has 1 aliphatic rings. The van der Waals surface area contributed by atoms with Crippen molar-refractivity contribution in [3.63, 3.8) is 0 Å². The zero-order valence-electron chi connectivity index (χ0n) is 15.5. The molecule has 0 saturated carbocycles. The summed E-state index contributed by atoms with van der Waals surface area (Å²) in [7, 11) is 0. The number of carbonyl (C=O) groups excluding carboxylic acids is 2. The van der Waals surface area contributed by atoms with Gasteiger partial charge in [0.25, 0.3) is 11.8 Å². The summed E-state index contributed by atoms with van der Waals surface area (Å²) in [5.74, 6) is -2.58. The maximum Gasteiger partial charge on any atom is 0.255 e. The molecule has 0 bridgehead atoms. The molecule has 0 unspecified atom stereocenters. The van der Waals surface area contributed by atoms with E-state index in [1.54, 1.807) is 29.2 Å². The van der Waals surface area contributed by atoms with Crippen LogP contribution in [-0.4, -0.2) is 23.3 Å². The minimum Gasteiger partial charge on any atom is -0.334 e. The molecule has 1 aliphatic heterocycles. The Balaban J connectivity index is 1.44. The molecular weight excluding hydrogens is 374 g/mol. The number of nitrogens with zero attached hydrogens (tertiary/aromatic N) is 1. The van der Waals surface area contributed by atoms with Crippen LogP contribution in [0.25, 0.3) is 0 Å². The van der Waals surface area contributed by atoms with Crippen LogP contribution in [0.3, 0.4) is 0 Å². The van der Waals surface area contributed by atoms with Gasteiger partial charge in [0.15, 0.2) is 11.6 Å². The van der Waals surface area contributed by atoms with E-state index in [4.69, 9.17) is 0 Å². The Morgan fingerprint density at radius 3 is 2.24 bits per heavy atom. The first-order valence-corrected chi connectivity index (χ1v) is 9.24. The quantitative estimate of drug-likeness (QED) is 0.718. The molecule has 4 rings (SSSR count). The van der Waals surface area contributed by atoms with Crippen LogP contribution in [0.2, 0.25) is 0 Å². The van der Waals surface area contributed by atoms with Crippen LogP contribution in [0.1, 0.15) is 31.8 Å². The number of anilines is 1. The van der Waals surface area contributed by atoms with Gasteiger partial charge in [-0.3, -0.25) is 9.59 Å². The van der Waals surface area contributed by atoms with E-state index in [0.717, 1.165) is 24.1 Å². The second-order valence-electron chi connectivity index (χ2n) is 6.91. The van der Waals surface area contributed by atoms with E-state index in [9.17, 15) is 18.4 Å². The Morgan fingerprint density at radius 2 is 1.52 bits per heavy atom. The number of fused-ring (bicyclic) bond motifs is 1. The molecular formula is C23H18F2N2O2. The van der Waals surface area contributed by atoms with Gasteiger partial charge < -0.3 is 10.2 Å². The molecule has 146 valence electrons. The van der Waals surface area contributed by atoms with Gasteiger partial charge in [0, 0.05) is 36.0 Å². The number of amides is 2. The zero-order chi connectivity index (χ0) is 20.4. The third-order valence-corrected chi connectivity index (χ3v) is 4.99. The third-order valence-electron chi connectivity index (χ3n) is 4.99. The summed E-state index contributed by atoms with van der Waals surface area (Å²) in [6.07, 6.45) is 0.816. The predicted octanol–water partition coefficient (Wildman–Crippen LogP) is 4.42. The highest BCUT2D eigenvalue weighted by atomic mass is 19.2. The lowest BCUT2D eigenvalue weighted by Gasteiger charge is -2.29. The molecule has 4 nitrogen and oxygen atoms in total. The van der Waals surface area contributed by atoms with Crippen molar-refractivity contribution in [2.75, 3.05) is 11.9 Å². The molecule has 29 heavy (non-hydrogen) atoms. The highest BCUT2D eigenvalue weighted by Crippen LogP contribution is 2.21. The molecule has 3 aromatic rings. The lowest BCUT2D eigenvalue weighted by atomic mass is 9.99. The molecule has 0 aliphatic carbocycles. The highest BCUT2D eigenvalue weighted by Gasteiger charge is 2.21. The second-order valence-corrected chi connectivity index (χ2v) is 6.91. The third kappa shape index (κ3) is 4.01. The van der Waals surface area contributed by atoms with Crippen molar-refractivity contribution < 1.29 is 18.4 Å². The molecule has 0 fully saturated rings. The summed E-state index contributed by atoms with van der Waals surface area (Å²) in [5.41, 5.74) is 3.38. The standard InChI is InChI=1S/C23H18F2N2O2/c24-20-10-9-19(13-21(20)25)26-22(28)16-5-7-17(8-6-16)23(29)27-12-11-15-3-1-2-4-18(15)14-27/h1-10,13H,11-12,14H2,(H,26,28). The first kappa shape index (κ1) is 18.8. The van der Waals surface area contributed by atoms with Gasteiger partial charge in [0.05, 0.1) is 0 Å². The molecule has 0 radical (unpaired) electrons. The van der Waals surface area contributed by atoms with Gasteiger partial charge in [0.2, 0.25) is 0 Å². The van der Waals surface area contributed by atoms with E-state index in [1.165, 1.54) is 11.6 Å². The molecule has 6 heteroatoms. The van der Waals surface area contributed by atoms with Crippen molar-refractivity contribution in [2.45, 2.75) is 13.0 Å². The number of carbonyl (C=O) groups is 2. The normalized spacial score (nSPS) is 13.0. The van der Waals surface area contributed by atoms with Crippen molar-refractivity contribution in [2.24, 2.45) is 0 Å². The highest BCUT2D eigenvalue weighted by molar-refractivity contribution is 6.05. The van der Waals surface area contributed by atoms with E-state index in [2.05, 4.69) is 11.4 Å². The van der Waals surface area contributed by atoms with E-state index in [0.29, 0.717) is 24.2 Å². The Kier molecular flexibility index (Phi) is 5.08. The van der Waals surface area contributed by atoms with Gasteiger partial charge >= 0.3 is 0 Å². The SMILES string of the molecule is O=C(Nc1ccc(F)c(F)c1)c1ccc(C(=O)N2CCc3ccccc3C2)cc1. The maximum atomic E-state index is 13.3. The topological polar surface area (TPSA) is 49.4 Å². The molecule has 3 aromatic carbocycles. The van der Waals surface area contributed by atoms with Crippen molar-refractivity contribution >= 4 is 17.5 Å². The molecule has 1 N–H and O–H groups in total. The lowest BCUT2D eigenvalue weighted by molar-refractivity contribution is 0.0734. The fourth-order valence-electron chi connectivity index (χ4n) is 3.39. The first-order valence-electron chi connectivity index (χ1n) is 9.24. The molecule has 0 aromatic heterocycles. The van der Waals surface area contributed by atoms with Gasteiger partial charge in [-0.15, -0.1) is 0 Å². The van der Waals surface area contributed by atoms with Crippen LogP contribution in [0.4, 0.5) is 14.5 Å². The summed E-state index contributed by atoms with van der Waals surface area (Å²) in [6, 6.07) is 17.5. The number of hydrogen-bond donors (Lipinski definition) is 1. The van der Waals surface area contributed by atoms with Gasteiger partial charge in [0.1, 0.15) is 0 Å². The summed E-state index contributed by atoms with van der Waals surface area (Å²) in [4.78, 5) is 26.9. The fourth-order valence-corrected chi connectivity index (χ4v) is 3.39. The number of rotatable bonds is 3. The predicted molar refractivity (Wildman–Crippen MR) is 106 cm³/mol. The Bertz CT molecular complexity index is 1080. The molecule has 0 spiro atoms. The smallest absolute Gasteiger partial charge is 0.255 e. The minimum atomic E-state index is -1.04. The van der Waals surface area contributed by atoms with E-state index >= 15 is 0 Å². The van der Waals surface area contributed by atoms with Crippen molar-refractivity contribution in [3.8, 4) is 0 Å². The Hall–Kier alpha value is -3.54. The Morgan fingerprint density at radius 1 is 0.828 bits per heavy atom. The molecule has 0 atom stereocenters. The van der Waals surface area contributed by atoms with Crippen LogP contribution >= 0.6 is 0 Å². The summed E-state index contributed by atoms with van der Waals surface area (Å²) in [5, 5.41) is 2.51. The van der Waals surface area contributed by atoms with Gasteiger partial charge in [-0.05, 0) is 53.9 Å². The van der Waals surface area contributed by atoms with Crippen LogP contribution in [0.5, 0.6) is 0 Å². The molecule has 1 heterocycles. The Labute approximate surface area is 166 Å².